The number of aromatic nitrogens is 2. The molecule has 0 aliphatic carbocycles. The highest BCUT2D eigenvalue weighted by molar-refractivity contribution is 7.87. The van der Waals surface area contributed by atoms with E-state index in [0.717, 1.165) is 0 Å². The summed E-state index contributed by atoms with van der Waals surface area (Å²) in [5.41, 5.74) is 0. The van der Waals surface area contributed by atoms with Crippen LogP contribution in [-0.4, -0.2) is 53.2 Å². The lowest BCUT2D eigenvalue weighted by Crippen LogP contribution is -2.46. The van der Waals surface area contributed by atoms with Crippen LogP contribution in [0.2, 0.25) is 0 Å². The van der Waals surface area contributed by atoms with Crippen molar-refractivity contribution in [2.24, 2.45) is 5.92 Å². The maximum atomic E-state index is 12.0. The minimum atomic E-state index is -3.54. The summed E-state index contributed by atoms with van der Waals surface area (Å²) in [6, 6.07) is 1.77. The molecule has 9 heteroatoms. The molecule has 0 unspecified atom stereocenters. The molecule has 1 fully saturated rings. The lowest BCUT2D eigenvalue weighted by atomic mass is 9.99. The van der Waals surface area contributed by atoms with Crippen molar-refractivity contribution < 1.29 is 18.3 Å². The Balaban J connectivity index is 1.80. The Morgan fingerprint density at radius 1 is 1.40 bits per heavy atom. The van der Waals surface area contributed by atoms with E-state index in [1.807, 2.05) is 0 Å². The number of hydrogen-bond acceptors (Lipinski definition) is 4. The number of aliphatic carboxylic acids is 1. The fraction of sp³-hybridized carbons (Fsp3) is 0.636. The Hall–Kier alpha value is -1.45. The summed E-state index contributed by atoms with van der Waals surface area (Å²) in [6.45, 7) is 1.20. The van der Waals surface area contributed by atoms with Gasteiger partial charge in [-0.05, 0) is 18.9 Å². The summed E-state index contributed by atoms with van der Waals surface area (Å²) in [5.74, 6) is -1.29. The Kier molecular flexibility index (Phi) is 4.73. The first-order valence-electron chi connectivity index (χ1n) is 6.44. The number of rotatable bonds is 6. The minimum absolute atomic E-state index is 0.244. The third kappa shape index (κ3) is 3.78. The number of nitrogens with zero attached hydrogens (tertiary/aromatic N) is 3. The normalized spacial score (nSPS) is 18.2. The van der Waals surface area contributed by atoms with Gasteiger partial charge in [0.2, 0.25) is 0 Å². The third-order valence-corrected chi connectivity index (χ3v) is 4.94. The molecule has 2 N–H and O–H groups in total. The van der Waals surface area contributed by atoms with Gasteiger partial charge in [0, 0.05) is 32.0 Å². The minimum Gasteiger partial charge on any atom is -0.481 e. The van der Waals surface area contributed by atoms with Crippen LogP contribution in [0.5, 0.6) is 0 Å². The van der Waals surface area contributed by atoms with Crippen LogP contribution in [0, 0.1) is 5.92 Å². The number of carboxylic acids is 1. The maximum Gasteiger partial charge on any atom is 0.306 e. The lowest BCUT2D eigenvalue weighted by Gasteiger charge is -2.29. The Bertz CT molecular complexity index is 535. The Morgan fingerprint density at radius 3 is 2.65 bits per heavy atom. The van der Waals surface area contributed by atoms with Crippen molar-refractivity contribution in [2.45, 2.75) is 19.4 Å². The maximum absolute atomic E-state index is 12.0. The molecule has 1 aliphatic heterocycles. The number of piperidine rings is 1. The highest BCUT2D eigenvalue weighted by Crippen LogP contribution is 2.18. The van der Waals surface area contributed by atoms with Crippen LogP contribution in [0.4, 0.5) is 0 Å². The van der Waals surface area contributed by atoms with Gasteiger partial charge in [0.05, 0.1) is 12.5 Å². The number of nitrogens with one attached hydrogen (secondary N) is 1. The van der Waals surface area contributed by atoms with Crippen molar-refractivity contribution in [1.29, 1.82) is 0 Å². The smallest absolute Gasteiger partial charge is 0.306 e. The lowest BCUT2D eigenvalue weighted by molar-refractivity contribution is -0.142. The van der Waals surface area contributed by atoms with E-state index in [0.29, 0.717) is 19.4 Å². The van der Waals surface area contributed by atoms with Crippen LogP contribution < -0.4 is 4.72 Å². The molecule has 0 amide bonds. The Labute approximate surface area is 117 Å². The van der Waals surface area contributed by atoms with Gasteiger partial charge in [-0.3, -0.25) is 9.48 Å². The molecule has 8 nitrogen and oxygen atoms in total. The zero-order valence-electron chi connectivity index (χ0n) is 11.0. The second-order valence-electron chi connectivity index (χ2n) is 4.68. The van der Waals surface area contributed by atoms with Crippen molar-refractivity contribution in [1.82, 2.24) is 18.8 Å². The molecule has 0 saturated carbocycles. The van der Waals surface area contributed by atoms with Crippen LogP contribution in [0.25, 0.3) is 0 Å². The molecule has 0 radical (unpaired) electrons. The summed E-state index contributed by atoms with van der Waals surface area (Å²) in [5, 5.41) is 12.9. The Morgan fingerprint density at radius 2 is 2.10 bits per heavy atom. The molecular weight excluding hydrogens is 284 g/mol. The van der Waals surface area contributed by atoms with Crippen LogP contribution in [-0.2, 0) is 21.5 Å². The van der Waals surface area contributed by atoms with Crippen molar-refractivity contribution in [3.05, 3.63) is 18.5 Å². The zero-order chi connectivity index (χ0) is 14.6. The summed E-state index contributed by atoms with van der Waals surface area (Å²) < 4.78 is 29.5. The molecular formula is C11H18N4O4S. The standard InChI is InChI=1S/C11H18N4O4S/c16-11(17)10-2-7-15(8-3-10)20(18,19)13-5-9-14-6-1-4-12-14/h1,4,6,10,13H,2-3,5,7-9H2,(H,16,17). The molecule has 2 heterocycles. The monoisotopic (exact) mass is 302 g/mol. The summed E-state index contributed by atoms with van der Waals surface area (Å²) in [4.78, 5) is 10.8. The van der Waals surface area contributed by atoms with E-state index >= 15 is 0 Å². The number of carbonyl (C=O) groups is 1. The predicted molar refractivity (Wildman–Crippen MR) is 71.1 cm³/mol. The molecule has 2 rings (SSSR count). The number of hydrogen-bond donors (Lipinski definition) is 2. The van der Waals surface area contributed by atoms with Crippen LogP contribution >= 0.6 is 0 Å². The molecule has 1 saturated heterocycles. The molecule has 0 aromatic carbocycles. The van der Waals surface area contributed by atoms with Gasteiger partial charge in [0.25, 0.3) is 10.2 Å². The third-order valence-electron chi connectivity index (χ3n) is 3.33. The molecule has 20 heavy (non-hydrogen) atoms. The van der Waals surface area contributed by atoms with E-state index in [1.165, 1.54) is 4.31 Å². The average Bonchev–Trinajstić information content (AvgIpc) is 2.92. The van der Waals surface area contributed by atoms with Gasteiger partial charge < -0.3 is 5.11 Å². The van der Waals surface area contributed by atoms with Gasteiger partial charge in [0.1, 0.15) is 0 Å². The van der Waals surface area contributed by atoms with E-state index in [-0.39, 0.29) is 19.6 Å². The van der Waals surface area contributed by atoms with Crippen LogP contribution in [0.15, 0.2) is 18.5 Å². The zero-order valence-corrected chi connectivity index (χ0v) is 11.8. The highest BCUT2D eigenvalue weighted by Gasteiger charge is 2.30. The first kappa shape index (κ1) is 14.9. The van der Waals surface area contributed by atoms with E-state index in [4.69, 9.17) is 5.11 Å². The summed E-state index contributed by atoms with van der Waals surface area (Å²) in [7, 11) is -3.54. The quantitative estimate of drug-likeness (QED) is 0.738. The van der Waals surface area contributed by atoms with Gasteiger partial charge in [-0.1, -0.05) is 0 Å². The second-order valence-corrected chi connectivity index (χ2v) is 6.44. The largest absolute Gasteiger partial charge is 0.481 e. The van der Waals surface area contributed by atoms with Crippen molar-refractivity contribution in [2.75, 3.05) is 19.6 Å². The van der Waals surface area contributed by atoms with Crippen molar-refractivity contribution in [3.63, 3.8) is 0 Å². The SMILES string of the molecule is O=C(O)C1CCN(S(=O)(=O)NCCn2cccn2)CC1. The van der Waals surface area contributed by atoms with Gasteiger partial charge in [-0.25, -0.2) is 4.72 Å². The molecule has 0 atom stereocenters. The van der Waals surface area contributed by atoms with Gasteiger partial charge in [-0.15, -0.1) is 0 Å². The first-order valence-corrected chi connectivity index (χ1v) is 7.88. The van der Waals surface area contributed by atoms with Crippen LogP contribution in [0.1, 0.15) is 12.8 Å². The molecule has 1 aromatic rings. The van der Waals surface area contributed by atoms with Crippen molar-refractivity contribution in [3.8, 4) is 0 Å². The van der Waals surface area contributed by atoms with Gasteiger partial charge in [0.15, 0.2) is 0 Å². The molecule has 1 aromatic heterocycles. The first-order chi connectivity index (χ1) is 9.49. The fourth-order valence-corrected chi connectivity index (χ4v) is 3.38. The predicted octanol–water partition coefficient (Wildman–Crippen LogP) is -0.486. The molecule has 0 spiro atoms. The topological polar surface area (TPSA) is 105 Å². The van der Waals surface area contributed by atoms with E-state index in [2.05, 4.69) is 9.82 Å². The molecule has 112 valence electrons. The number of carboxylic acid groups (broad SMARTS) is 1. The van der Waals surface area contributed by atoms with E-state index < -0.39 is 22.1 Å². The van der Waals surface area contributed by atoms with Crippen molar-refractivity contribution >= 4 is 16.2 Å². The van der Waals surface area contributed by atoms with E-state index in [9.17, 15) is 13.2 Å². The summed E-state index contributed by atoms with van der Waals surface area (Å²) >= 11 is 0. The van der Waals surface area contributed by atoms with E-state index in [1.54, 1.807) is 23.1 Å². The summed E-state index contributed by atoms with van der Waals surface area (Å²) in [6.07, 6.45) is 4.10. The van der Waals surface area contributed by atoms with Crippen LogP contribution in [0.3, 0.4) is 0 Å². The fourth-order valence-electron chi connectivity index (χ4n) is 2.16. The van der Waals surface area contributed by atoms with Gasteiger partial charge >= 0.3 is 5.97 Å². The second kappa shape index (κ2) is 6.33. The highest BCUT2D eigenvalue weighted by atomic mass is 32.2. The molecule has 0 bridgehead atoms. The van der Waals surface area contributed by atoms with Gasteiger partial charge in [-0.2, -0.15) is 17.8 Å². The average molecular weight is 302 g/mol. The molecule has 1 aliphatic rings.